The van der Waals surface area contributed by atoms with Crippen molar-refractivity contribution in [3.63, 3.8) is 0 Å². The van der Waals surface area contributed by atoms with Crippen LogP contribution in [0.15, 0.2) is 24.3 Å². The van der Waals surface area contributed by atoms with Gasteiger partial charge in [-0.25, -0.2) is 0 Å². The van der Waals surface area contributed by atoms with Crippen LogP contribution in [0.3, 0.4) is 0 Å². The van der Waals surface area contributed by atoms with Crippen LogP contribution in [-0.4, -0.2) is 20.9 Å². The number of imidazole rings is 1. The number of rotatable bonds is 2. The number of H-pyrrole nitrogens is 2. The normalized spacial score (nSPS) is 10.3. The van der Waals surface area contributed by atoms with Gasteiger partial charge in [-0.15, -0.1) is 0 Å². The Morgan fingerprint density at radius 3 is 2.38 bits per heavy atom. The Bertz CT molecular complexity index is 581. The van der Waals surface area contributed by atoms with Crippen molar-refractivity contribution < 1.29 is 9.90 Å². The average Bonchev–Trinajstić information content (AvgIpc) is 2.58. The van der Waals surface area contributed by atoms with Crippen LogP contribution in [0.5, 0.6) is 5.75 Å². The molecule has 0 aliphatic heterocycles. The first-order valence-electron chi connectivity index (χ1n) is 4.70. The zero-order valence-corrected chi connectivity index (χ0v) is 9.39. The largest absolute Gasteiger partial charge is 0.508 e. The molecule has 0 bridgehead atoms. The number of carbonyl (C=O) groups excluding carboxylic acids is 1. The quantitative estimate of drug-likeness (QED) is 0.551. The molecule has 3 N–H and O–H groups in total. The van der Waals surface area contributed by atoms with Crippen LogP contribution < -0.4 is 0 Å². The first-order chi connectivity index (χ1) is 7.58. The first kappa shape index (κ1) is 10.6. The predicted octanol–water partition coefficient (Wildman–Crippen LogP) is 2.32. The van der Waals surface area contributed by atoms with Crippen LogP contribution in [0.2, 0.25) is 0 Å². The molecule has 0 aliphatic rings. The fourth-order valence-electron chi connectivity index (χ4n) is 1.46. The topological polar surface area (TPSA) is 68.9 Å². The molecule has 1 heterocycles. The van der Waals surface area contributed by atoms with Crippen molar-refractivity contribution in [2.75, 3.05) is 0 Å². The van der Waals surface area contributed by atoms with Gasteiger partial charge in [0.25, 0.3) is 0 Å². The molecular formula is C11H10N2O2S. The maximum absolute atomic E-state index is 12.0. The second-order valence-electron chi connectivity index (χ2n) is 3.46. The van der Waals surface area contributed by atoms with E-state index in [1.165, 1.54) is 12.1 Å². The fourth-order valence-corrected chi connectivity index (χ4v) is 1.71. The van der Waals surface area contributed by atoms with Gasteiger partial charge in [0, 0.05) is 11.3 Å². The second kappa shape index (κ2) is 3.94. The zero-order chi connectivity index (χ0) is 11.7. The molecule has 16 heavy (non-hydrogen) atoms. The molecule has 1 aromatic carbocycles. The molecule has 0 saturated carbocycles. The predicted molar refractivity (Wildman–Crippen MR) is 62.3 cm³/mol. The van der Waals surface area contributed by atoms with E-state index in [-0.39, 0.29) is 11.5 Å². The van der Waals surface area contributed by atoms with Crippen LogP contribution >= 0.6 is 12.2 Å². The molecule has 2 rings (SSSR count). The second-order valence-corrected chi connectivity index (χ2v) is 3.86. The summed E-state index contributed by atoms with van der Waals surface area (Å²) in [4.78, 5) is 17.7. The minimum absolute atomic E-state index is 0.135. The maximum atomic E-state index is 12.0. The Morgan fingerprint density at radius 1 is 1.25 bits per heavy atom. The van der Waals surface area contributed by atoms with E-state index in [0.29, 0.717) is 21.7 Å². The van der Waals surface area contributed by atoms with E-state index < -0.39 is 0 Å². The van der Waals surface area contributed by atoms with Crippen LogP contribution in [0.1, 0.15) is 21.7 Å². The minimum atomic E-state index is -0.148. The number of hydrogen-bond donors (Lipinski definition) is 3. The summed E-state index contributed by atoms with van der Waals surface area (Å²) in [5.41, 5.74) is 1.67. The molecule has 2 aromatic rings. The summed E-state index contributed by atoms with van der Waals surface area (Å²) < 4.78 is 0.430. The van der Waals surface area contributed by atoms with Crippen molar-refractivity contribution in [3.8, 4) is 5.75 Å². The summed E-state index contributed by atoms with van der Waals surface area (Å²) in [6.07, 6.45) is 0. The first-order valence-corrected chi connectivity index (χ1v) is 5.11. The van der Waals surface area contributed by atoms with E-state index in [1.807, 2.05) is 0 Å². The van der Waals surface area contributed by atoms with Crippen molar-refractivity contribution in [1.82, 2.24) is 9.97 Å². The number of phenolic OH excluding ortho intramolecular Hbond substituents is 1. The van der Waals surface area contributed by atoms with E-state index >= 15 is 0 Å². The highest BCUT2D eigenvalue weighted by Crippen LogP contribution is 2.14. The number of hydrogen-bond acceptors (Lipinski definition) is 3. The molecule has 5 heteroatoms. The number of aromatic nitrogens is 2. The van der Waals surface area contributed by atoms with E-state index in [2.05, 4.69) is 9.97 Å². The molecule has 0 unspecified atom stereocenters. The smallest absolute Gasteiger partial charge is 0.211 e. The molecule has 0 spiro atoms. The fraction of sp³-hybridized carbons (Fsp3) is 0.0909. The van der Waals surface area contributed by atoms with Crippen molar-refractivity contribution in [3.05, 3.63) is 46.0 Å². The van der Waals surface area contributed by atoms with Gasteiger partial charge >= 0.3 is 0 Å². The van der Waals surface area contributed by atoms with Crippen LogP contribution in [0.4, 0.5) is 0 Å². The third-order valence-electron chi connectivity index (χ3n) is 2.27. The van der Waals surface area contributed by atoms with Gasteiger partial charge in [0.05, 0.1) is 0 Å². The van der Waals surface area contributed by atoms with Gasteiger partial charge in [0.15, 0.2) is 4.77 Å². The Kier molecular flexibility index (Phi) is 2.62. The molecule has 4 nitrogen and oxygen atoms in total. The van der Waals surface area contributed by atoms with Crippen molar-refractivity contribution >= 4 is 18.0 Å². The Morgan fingerprint density at radius 2 is 1.88 bits per heavy atom. The van der Waals surface area contributed by atoms with E-state index in [1.54, 1.807) is 19.1 Å². The molecular weight excluding hydrogens is 224 g/mol. The number of nitrogens with one attached hydrogen (secondary N) is 2. The molecule has 0 saturated heterocycles. The highest BCUT2D eigenvalue weighted by atomic mass is 32.1. The molecule has 0 aliphatic carbocycles. The third kappa shape index (κ3) is 1.90. The molecule has 0 radical (unpaired) electrons. The number of carbonyl (C=O) groups is 1. The number of aromatic hydroxyl groups is 1. The average molecular weight is 234 g/mol. The summed E-state index contributed by atoms with van der Waals surface area (Å²) in [5.74, 6) is -0.0138. The lowest BCUT2D eigenvalue weighted by Gasteiger charge is -1.99. The molecule has 1 aromatic heterocycles. The zero-order valence-electron chi connectivity index (χ0n) is 8.57. The van der Waals surface area contributed by atoms with Crippen molar-refractivity contribution in [1.29, 1.82) is 0 Å². The van der Waals surface area contributed by atoms with Gasteiger partial charge in [-0.2, -0.15) is 0 Å². The van der Waals surface area contributed by atoms with E-state index in [9.17, 15) is 4.79 Å². The van der Waals surface area contributed by atoms with Crippen LogP contribution in [0.25, 0.3) is 0 Å². The number of ketones is 1. The number of aromatic amines is 2. The molecule has 0 fully saturated rings. The lowest BCUT2D eigenvalue weighted by Crippen LogP contribution is -2.03. The minimum Gasteiger partial charge on any atom is -0.508 e. The van der Waals surface area contributed by atoms with Gasteiger partial charge in [-0.05, 0) is 43.4 Å². The van der Waals surface area contributed by atoms with E-state index in [0.717, 1.165) is 0 Å². The molecule has 82 valence electrons. The standard InChI is InChI=1S/C11H10N2O2S/c1-6-9(13-11(16)12-6)10(15)7-2-4-8(14)5-3-7/h2-5,14H,1H3,(H2,12,13,16). The van der Waals surface area contributed by atoms with Gasteiger partial charge < -0.3 is 15.1 Å². The van der Waals surface area contributed by atoms with Crippen molar-refractivity contribution in [2.45, 2.75) is 6.92 Å². The van der Waals surface area contributed by atoms with Gasteiger partial charge in [-0.1, -0.05) is 0 Å². The van der Waals surface area contributed by atoms with E-state index in [4.69, 9.17) is 17.3 Å². The monoisotopic (exact) mass is 234 g/mol. The van der Waals surface area contributed by atoms with Gasteiger partial charge in [0.2, 0.25) is 5.78 Å². The summed E-state index contributed by atoms with van der Waals surface area (Å²) in [6.45, 7) is 1.78. The van der Waals surface area contributed by atoms with Crippen LogP contribution in [-0.2, 0) is 0 Å². The van der Waals surface area contributed by atoms with Crippen LogP contribution in [0, 0.1) is 11.7 Å². The maximum Gasteiger partial charge on any atom is 0.211 e. The van der Waals surface area contributed by atoms with Crippen molar-refractivity contribution in [2.24, 2.45) is 0 Å². The molecule has 0 atom stereocenters. The third-order valence-corrected chi connectivity index (χ3v) is 2.48. The van der Waals surface area contributed by atoms with Gasteiger partial charge in [0.1, 0.15) is 11.4 Å². The Hall–Kier alpha value is -1.88. The lowest BCUT2D eigenvalue weighted by atomic mass is 10.1. The number of phenols is 1. The molecule has 0 amide bonds. The highest BCUT2D eigenvalue weighted by molar-refractivity contribution is 7.71. The Labute approximate surface area is 97.0 Å². The lowest BCUT2D eigenvalue weighted by molar-refractivity contribution is 0.103. The van der Waals surface area contributed by atoms with Gasteiger partial charge in [-0.3, -0.25) is 4.79 Å². The Balaban J connectivity index is 2.43. The summed E-state index contributed by atoms with van der Waals surface area (Å²) >= 11 is 4.91. The SMILES string of the molecule is Cc1[nH]c(=S)[nH]c1C(=O)c1ccc(O)cc1. The summed E-state index contributed by atoms with van der Waals surface area (Å²) in [5, 5.41) is 9.13. The number of benzene rings is 1. The number of aryl methyl sites for hydroxylation is 1. The summed E-state index contributed by atoms with van der Waals surface area (Å²) in [6, 6.07) is 6.09. The summed E-state index contributed by atoms with van der Waals surface area (Å²) in [7, 11) is 0. The highest BCUT2D eigenvalue weighted by Gasteiger charge is 2.13.